The summed E-state index contributed by atoms with van der Waals surface area (Å²) in [5, 5.41) is 3.19. The van der Waals surface area contributed by atoms with Crippen molar-refractivity contribution in [2.24, 2.45) is 5.73 Å². The van der Waals surface area contributed by atoms with Crippen molar-refractivity contribution < 1.29 is 14.3 Å². The maximum absolute atomic E-state index is 12.8. The van der Waals surface area contributed by atoms with E-state index in [4.69, 9.17) is 10.5 Å². The van der Waals surface area contributed by atoms with Gasteiger partial charge in [-0.25, -0.2) is 0 Å². The summed E-state index contributed by atoms with van der Waals surface area (Å²) in [5.41, 5.74) is 7.10. The van der Waals surface area contributed by atoms with Crippen LogP contribution in [0.1, 0.15) is 38.3 Å². The average Bonchev–Trinajstić information content (AvgIpc) is 2.62. The summed E-state index contributed by atoms with van der Waals surface area (Å²) in [4.78, 5) is 25.4. The van der Waals surface area contributed by atoms with Crippen LogP contribution in [-0.2, 0) is 0 Å². The van der Waals surface area contributed by atoms with Crippen molar-refractivity contribution >= 4 is 11.6 Å². The number of fused-ring (bicyclic) bond motifs is 2. The molecule has 2 aromatic rings. The maximum Gasteiger partial charge on any atom is 0.198 e. The van der Waals surface area contributed by atoms with Gasteiger partial charge in [-0.1, -0.05) is 36.4 Å². The summed E-state index contributed by atoms with van der Waals surface area (Å²) >= 11 is 0. The molecule has 5 nitrogen and oxygen atoms in total. The predicted octanol–water partition coefficient (Wildman–Crippen LogP) is 1.78. The molecular formula is C19H20N2O3. The van der Waals surface area contributed by atoms with Crippen molar-refractivity contribution in [3.8, 4) is 5.75 Å². The molecule has 3 rings (SSSR count). The lowest BCUT2D eigenvalue weighted by Gasteiger charge is -2.20. The second-order valence-electron chi connectivity index (χ2n) is 5.62. The van der Waals surface area contributed by atoms with Crippen molar-refractivity contribution in [1.82, 2.24) is 5.32 Å². The molecule has 2 aromatic carbocycles. The van der Waals surface area contributed by atoms with Gasteiger partial charge in [0.2, 0.25) is 0 Å². The van der Waals surface area contributed by atoms with Gasteiger partial charge in [0.05, 0.1) is 12.2 Å². The van der Waals surface area contributed by atoms with Gasteiger partial charge < -0.3 is 15.8 Å². The fourth-order valence-corrected chi connectivity index (χ4v) is 2.84. The minimum absolute atomic E-state index is 0.129. The Morgan fingerprint density at radius 3 is 2.33 bits per heavy atom. The summed E-state index contributed by atoms with van der Waals surface area (Å²) in [6.07, 6.45) is 0.794. The molecule has 0 unspecified atom stereocenters. The van der Waals surface area contributed by atoms with Crippen LogP contribution in [0.3, 0.4) is 0 Å². The molecule has 3 N–H and O–H groups in total. The number of nitrogens with two attached hydrogens (primary N) is 1. The van der Waals surface area contributed by atoms with E-state index in [1.807, 2.05) is 0 Å². The van der Waals surface area contributed by atoms with Crippen molar-refractivity contribution in [2.75, 3.05) is 26.2 Å². The second kappa shape index (κ2) is 7.38. The summed E-state index contributed by atoms with van der Waals surface area (Å²) in [5.74, 6) is 0.187. The number of ketones is 2. The fraction of sp³-hybridized carbons (Fsp3) is 0.263. The highest BCUT2D eigenvalue weighted by Gasteiger charge is 2.31. The predicted molar refractivity (Wildman–Crippen MR) is 91.8 cm³/mol. The monoisotopic (exact) mass is 324 g/mol. The van der Waals surface area contributed by atoms with Crippen LogP contribution in [0.2, 0.25) is 0 Å². The number of nitrogens with one attached hydrogen (secondary N) is 1. The molecule has 1 aliphatic carbocycles. The van der Waals surface area contributed by atoms with Gasteiger partial charge in [0.1, 0.15) is 5.75 Å². The molecule has 0 saturated carbocycles. The highest BCUT2D eigenvalue weighted by atomic mass is 16.5. The largest absolute Gasteiger partial charge is 0.493 e. The van der Waals surface area contributed by atoms with Gasteiger partial charge in [-0.15, -0.1) is 0 Å². The molecule has 0 bridgehead atoms. The third-order valence-corrected chi connectivity index (χ3v) is 3.99. The Morgan fingerprint density at radius 1 is 0.875 bits per heavy atom. The van der Waals surface area contributed by atoms with E-state index in [1.165, 1.54) is 0 Å². The van der Waals surface area contributed by atoms with Crippen molar-refractivity contribution in [1.29, 1.82) is 0 Å². The van der Waals surface area contributed by atoms with E-state index in [-0.39, 0.29) is 11.6 Å². The molecule has 24 heavy (non-hydrogen) atoms. The van der Waals surface area contributed by atoms with Gasteiger partial charge in [-0.3, -0.25) is 9.59 Å². The SMILES string of the molecule is NCCNCCCOc1cccc2c1C(=O)c1ccccc1C2=O. The minimum Gasteiger partial charge on any atom is -0.493 e. The highest BCUT2D eigenvalue weighted by Crippen LogP contribution is 2.33. The maximum atomic E-state index is 12.8. The summed E-state index contributed by atoms with van der Waals surface area (Å²) in [7, 11) is 0. The Kier molecular flexibility index (Phi) is 5.03. The quantitative estimate of drug-likeness (QED) is 0.648. The average molecular weight is 324 g/mol. The first-order chi connectivity index (χ1) is 11.7. The van der Waals surface area contributed by atoms with E-state index in [1.54, 1.807) is 42.5 Å². The Hall–Kier alpha value is -2.50. The van der Waals surface area contributed by atoms with E-state index in [0.29, 0.717) is 41.2 Å². The summed E-state index contributed by atoms with van der Waals surface area (Å²) < 4.78 is 5.77. The molecule has 0 heterocycles. The molecular weight excluding hydrogens is 304 g/mol. The Bertz CT molecular complexity index is 771. The number of rotatable bonds is 7. The highest BCUT2D eigenvalue weighted by molar-refractivity contribution is 6.29. The van der Waals surface area contributed by atoms with Crippen LogP contribution in [-0.4, -0.2) is 37.8 Å². The molecule has 0 aliphatic heterocycles. The molecule has 0 radical (unpaired) electrons. The third kappa shape index (κ3) is 3.09. The van der Waals surface area contributed by atoms with Crippen LogP contribution in [0.4, 0.5) is 0 Å². The Labute approximate surface area is 140 Å². The van der Waals surface area contributed by atoms with E-state index >= 15 is 0 Å². The number of carbonyl (C=O) groups is 2. The van der Waals surface area contributed by atoms with E-state index < -0.39 is 0 Å². The zero-order valence-corrected chi connectivity index (χ0v) is 13.4. The van der Waals surface area contributed by atoms with E-state index in [0.717, 1.165) is 19.5 Å². The molecule has 0 spiro atoms. The Morgan fingerprint density at radius 2 is 1.58 bits per heavy atom. The zero-order valence-electron chi connectivity index (χ0n) is 13.4. The Balaban J connectivity index is 1.80. The van der Waals surface area contributed by atoms with Gasteiger partial charge >= 0.3 is 0 Å². The van der Waals surface area contributed by atoms with Crippen molar-refractivity contribution in [2.45, 2.75) is 6.42 Å². The van der Waals surface area contributed by atoms with Gasteiger partial charge in [-0.2, -0.15) is 0 Å². The smallest absolute Gasteiger partial charge is 0.198 e. The first-order valence-corrected chi connectivity index (χ1v) is 8.09. The topological polar surface area (TPSA) is 81.4 Å². The third-order valence-electron chi connectivity index (χ3n) is 3.99. The van der Waals surface area contributed by atoms with E-state index in [2.05, 4.69) is 5.32 Å². The van der Waals surface area contributed by atoms with E-state index in [9.17, 15) is 9.59 Å². The number of benzene rings is 2. The van der Waals surface area contributed by atoms with Crippen LogP contribution >= 0.6 is 0 Å². The molecule has 0 fully saturated rings. The first-order valence-electron chi connectivity index (χ1n) is 8.09. The lowest BCUT2D eigenvalue weighted by molar-refractivity contribution is 0.0975. The van der Waals surface area contributed by atoms with Gasteiger partial charge in [0, 0.05) is 29.8 Å². The zero-order chi connectivity index (χ0) is 16.9. The molecule has 0 aromatic heterocycles. The number of hydrogen-bond donors (Lipinski definition) is 2. The van der Waals surface area contributed by atoms with Gasteiger partial charge in [-0.05, 0) is 19.0 Å². The normalized spacial score (nSPS) is 12.7. The summed E-state index contributed by atoms with van der Waals surface area (Å²) in [6, 6.07) is 12.1. The molecule has 5 heteroatoms. The van der Waals surface area contributed by atoms with Crippen LogP contribution in [0.15, 0.2) is 42.5 Å². The second-order valence-corrected chi connectivity index (χ2v) is 5.62. The van der Waals surface area contributed by atoms with Crippen LogP contribution in [0.5, 0.6) is 5.75 Å². The van der Waals surface area contributed by atoms with Crippen LogP contribution in [0, 0.1) is 0 Å². The molecule has 0 saturated heterocycles. The lowest BCUT2D eigenvalue weighted by Crippen LogP contribution is -2.25. The molecule has 0 amide bonds. The number of ether oxygens (including phenoxy) is 1. The fourth-order valence-electron chi connectivity index (χ4n) is 2.84. The molecule has 124 valence electrons. The first kappa shape index (κ1) is 16.4. The van der Waals surface area contributed by atoms with Gasteiger partial charge in [0.15, 0.2) is 11.6 Å². The molecule has 1 aliphatic rings. The standard InChI is InChI=1S/C19H20N2O3/c20-9-11-21-10-4-12-24-16-8-3-7-15-17(16)19(23)14-6-2-1-5-13(14)18(15)22/h1-3,5-8,21H,4,9-12,20H2. The molecule has 0 atom stereocenters. The van der Waals surface area contributed by atoms with Gasteiger partial charge in [0.25, 0.3) is 0 Å². The number of hydrogen-bond acceptors (Lipinski definition) is 5. The summed E-state index contributed by atoms with van der Waals surface area (Å²) in [6.45, 7) is 2.63. The number of carbonyl (C=O) groups excluding carboxylic acids is 2. The minimum atomic E-state index is -0.156. The van der Waals surface area contributed by atoms with Crippen molar-refractivity contribution in [3.63, 3.8) is 0 Å². The van der Waals surface area contributed by atoms with Crippen molar-refractivity contribution in [3.05, 3.63) is 64.7 Å². The van der Waals surface area contributed by atoms with Crippen LogP contribution < -0.4 is 15.8 Å². The van der Waals surface area contributed by atoms with Crippen LogP contribution in [0.25, 0.3) is 0 Å². The lowest BCUT2D eigenvalue weighted by atomic mass is 9.83.